The summed E-state index contributed by atoms with van der Waals surface area (Å²) < 4.78 is 2.06. The highest BCUT2D eigenvalue weighted by molar-refractivity contribution is 5.67. The zero-order chi connectivity index (χ0) is 14.1. The smallest absolute Gasteiger partial charge is 0.0571 e. The van der Waals surface area contributed by atoms with Crippen molar-refractivity contribution in [3.63, 3.8) is 0 Å². The van der Waals surface area contributed by atoms with Gasteiger partial charge in [0.25, 0.3) is 0 Å². The first-order valence-electron chi connectivity index (χ1n) is 7.63. The molecular formula is C17H23N3. The Morgan fingerprint density at radius 1 is 1.35 bits per heavy atom. The first-order valence-corrected chi connectivity index (χ1v) is 7.63. The van der Waals surface area contributed by atoms with Gasteiger partial charge in [0.05, 0.1) is 6.20 Å². The zero-order valence-corrected chi connectivity index (χ0v) is 12.6. The van der Waals surface area contributed by atoms with Crippen LogP contribution in [0.2, 0.25) is 0 Å². The minimum atomic E-state index is 0.545. The molecule has 106 valence electrons. The Kier molecular flexibility index (Phi) is 3.62. The van der Waals surface area contributed by atoms with E-state index in [0.29, 0.717) is 6.04 Å². The largest absolute Gasteiger partial charge is 0.310 e. The summed E-state index contributed by atoms with van der Waals surface area (Å²) in [6.45, 7) is 8.43. The lowest BCUT2D eigenvalue weighted by molar-refractivity contribution is 0.549. The van der Waals surface area contributed by atoms with Crippen molar-refractivity contribution in [2.45, 2.75) is 46.2 Å². The van der Waals surface area contributed by atoms with Crippen LogP contribution in [0, 0.1) is 6.92 Å². The van der Waals surface area contributed by atoms with E-state index in [4.69, 9.17) is 0 Å². The highest BCUT2D eigenvalue weighted by Gasteiger charge is 2.22. The summed E-state index contributed by atoms with van der Waals surface area (Å²) in [4.78, 5) is 0. The lowest BCUT2D eigenvalue weighted by Gasteiger charge is -2.12. The van der Waals surface area contributed by atoms with Gasteiger partial charge in [-0.1, -0.05) is 25.1 Å². The molecule has 0 radical (unpaired) electrons. The van der Waals surface area contributed by atoms with Crippen LogP contribution < -0.4 is 5.32 Å². The van der Waals surface area contributed by atoms with Gasteiger partial charge in [-0.15, -0.1) is 0 Å². The molecule has 3 heteroatoms. The monoisotopic (exact) mass is 269 g/mol. The first-order chi connectivity index (χ1) is 9.74. The van der Waals surface area contributed by atoms with E-state index in [0.717, 1.165) is 13.1 Å². The van der Waals surface area contributed by atoms with E-state index in [-0.39, 0.29) is 0 Å². The molecule has 2 aromatic rings. The molecule has 0 saturated heterocycles. The third-order valence-corrected chi connectivity index (χ3v) is 4.38. The third kappa shape index (κ3) is 2.16. The number of hydrogen-bond donors (Lipinski definition) is 1. The fourth-order valence-electron chi connectivity index (χ4n) is 3.29. The third-order valence-electron chi connectivity index (χ3n) is 4.38. The summed E-state index contributed by atoms with van der Waals surface area (Å²) in [5.41, 5.74) is 6.81. The average Bonchev–Trinajstić information content (AvgIpc) is 3.03. The van der Waals surface area contributed by atoms with Gasteiger partial charge >= 0.3 is 0 Å². The average molecular weight is 269 g/mol. The van der Waals surface area contributed by atoms with Crippen molar-refractivity contribution in [1.82, 2.24) is 15.1 Å². The molecule has 3 nitrogen and oxygen atoms in total. The van der Waals surface area contributed by atoms with Crippen LogP contribution in [0.25, 0.3) is 11.1 Å². The Bertz CT molecular complexity index is 613. The van der Waals surface area contributed by atoms with E-state index in [1.54, 1.807) is 0 Å². The van der Waals surface area contributed by atoms with Crippen molar-refractivity contribution in [3.05, 3.63) is 41.2 Å². The molecule has 0 saturated carbocycles. The molecule has 0 amide bonds. The Hall–Kier alpha value is -1.61. The Morgan fingerprint density at radius 2 is 2.20 bits per heavy atom. The van der Waals surface area contributed by atoms with Crippen molar-refractivity contribution in [3.8, 4) is 11.1 Å². The maximum absolute atomic E-state index is 4.45. The van der Waals surface area contributed by atoms with Crippen molar-refractivity contribution in [2.75, 3.05) is 6.54 Å². The number of benzene rings is 1. The summed E-state index contributed by atoms with van der Waals surface area (Å²) in [5, 5.41) is 8.02. The van der Waals surface area contributed by atoms with Gasteiger partial charge in [-0.25, -0.2) is 0 Å². The number of nitrogens with one attached hydrogen (secondary N) is 1. The molecule has 1 aromatic carbocycles. The minimum Gasteiger partial charge on any atom is -0.310 e. The van der Waals surface area contributed by atoms with Crippen molar-refractivity contribution in [1.29, 1.82) is 0 Å². The van der Waals surface area contributed by atoms with Gasteiger partial charge in [0, 0.05) is 23.8 Å². The summed E-state index contributed by atoms with van der Waals surface area (Å²) in [7, 11) is 0. The van der Waals surface area contributed by atoms with Crippen molar-refractivity contribution < 1.29 is 0 Å². The molecule has 1 atom stereocenters. The summed E-state index contributed by atoms with van der Waals surface area (Å²) in [6.07, 6.45) is 4.40. The van der Waals surface area contributed by atoms with Gasteiger partial charge in [-0.2, -0.15) is 5.10 Å². The predicted molar refractivity (Wildman–Crippen MR) is 82.8 cm³/mol. The second-order valence-corrected chi connectivity index (χ2v) is 5.52. The van der Waals surface area contributed by atoms with Crippen LogP contribution in [0.5, 0.6) is 0 Å². The second-order valence-electron chi connectivity index (χ2n) is 5.52. The molecule has 1 unspecified atom stereocenters. The molecule has 0 bridgehead atoms. The molecule has 0 aliphatic heterocycles. The standard InChI is InChI=1S/C17H23N3/c1-4-18-17-9-7-13-10-14(6-8-15(13)17)16-11-19-20(5-2)12(16)3/h6,8,10-11,17-18H,4-5,7,9H2,1-3H3. The van der Waals surface area contributed by atoms with Crippen molar-refractivity contribution >= 4 is 0 Å². The van der Waals surface area contributed by atoms with Crippen LogP contribution in [-0.2, 0) is 13.0 Å². The van der Waals surface area contributed by atoms with Crippen LogP contribution in [0.4, 0.5) is 0 Å². The van der Waals surface area contributed by atoms with E-state index in [1.165, 1.54) is 40.8 Å². The van der Waals surface area contributed by atoms with E-state index in [2.05, 4.69) is 54.1 Å². The molecule has 0 spiro atoms. The van der Waals surface area contributed by atoms with Crippen LogP contribution in [0.1, 0.15) is 43.1 Å². The number of nitrogens with zero attached hydrogens (tertiary/aromatic N) is 2. The highest BCUT2D eigenvalue weighted by Crippen LogP contribution is 2.34. The molecule has 3 rings (SSSR count). The maximum atomic E-state index is 4.45. The Labute approximate surface area is 121 Å². The van der Waals surface area contributed by atoms with Gasteiger partial charge in [-0.05, 0) is 49.9 Å². The number of rotatable bonds is 4. The SMILES string of the molecule is CCNC1CCc2cc(-c3cnn(CC)c3C)ccc21. The molecule has 0 fully saturated rings. The Balaban J connectivity index is 1.95. The number of hydrogen-bond acceptors (Lipinski definition) is 2. The predicted octanol–water partition coefficient (Wildman–Crippen LogP) is 3.48. The number of fused-ring (bicyclic) bond motifs is 1. The van der Waals surface area contributed by atoms with Gasteiger partial charge < -0.3 is 5.32 Å². The fraction of sp³-hybridized carbons (Fsp3) is 0.471. The minimum absolute atomic E-state index is 0.545. The molecule has 1 heterocycles. The second kappa shape index (κ2) is 5.41. The van der Waals surface area contributed by atoms with Crippen LogP contribution in [-0.4, -0.2) is 16.3 Å². The molecule has 1 aromatic heterocycles. The molecule has 1 N–H and O–H groups in total. The summed E-state index contributed by atoms with van der Waals surface area (Å²) >= 11 is 0. The molecule has 1 aliphatic carbocycles. The molecule has 20 heavy (non-hydrogen) atoms. The number of aryl methyl sites for hydroxylation is 2. The lowest BCUT2D eigenvalue weighted by atomic mass is 10.0. The normalized spacial score (nSPS) is 17.4. The van der Waals surface area contributed by atoms with Gasteiger partial charge in [0.1, 0.15) is 0 Å². The van der Waals surface area contributed by atoms with Crippen molar-refractivity contribution in [2.24, 2.45) is 0 Å². The summed E-state index contributed by atoms with van der Waals surface area (Å²) in [6, 6.07) is 7.45. The Morgan fingerprint density at radius 3 is 2.90 bits per heavy atom. The van der Waals surface area contributed by atoms with Gasteiger partial charge in [0.15, 0.2) is 0 Å². The van der Waals surface area contributed by atoms with Gasteiger partial charge in [0.2, 0.25) is 0 Å². The van der Waals surface area contributed by atoms with Crippen LogP contribution in [0.15, 0.2) is 24.4 Å². The topological polar surface area (TPSA) is 29.9 Å². The maximum Gasteiger partial charge on any atom is 0.0571 e. The number of aromatic nitrogens is 2. The van der Waals surface area contributed by atoms with E-state index < -0.39 is 0 Å². The molecular weight excluding hydrogens is 246 g/mol. The first kappa shape index (κ1) is 13.4. The lowest BCUT2D eigenvalue weighted by Crippen LogP contribution is -2.18. The van der Waals surface area contributed by atoms with Gasteiger partial charge in [-0.3, -0.25) is 4.68 Å². The van der Waals surface area contributed by atoms with E-state index >= 15 is 0 Å². The zero-order valence-electron chi connectivity index (χ0n) is 12.6. The van der Waals surface area contributed by atoms with E-state index in [9.17, 15) is 0 Å². The molecule has 1 aliphatic rings. The quantitative estimate of drug-likeness (QED) is 0.921. The van der Waals surface area contributed by atoms with Crippen LogP contribution >= 0.6 is 0 Å². The highest BCUT2D eigenvalue weighted by atomic mass is 15.3. The summed E-state index contributed by atoms with van der Waals surface area (Å²) in [5.74, 6) is 0. The van der Waals surface area contributed by atoms with E-state index in [1.807, 2.05) is 6.20 Å². The van der Waals surface area contributed by atoms with Crippen LogP contribution in [0.3, 0.4) is 0 Å². The fourth-order valence-corrected chi connectivity index (χ4v) is 3.29.